The number of aromatic nitrogens is 3. The summed E-state index contributed by atoms with van der Waals surface area (Å²) in [5, 5.41) is 12.1. The Morgan fingerprint density at radius 1 is 1.26 bits per heavy atom. The highest BCUT2D eigenvalue weighted by molar-refractivity contribution is 7.99. The molecule has 2 heterocycles. The van der Waals surface area contributed by atoms with Gasteiger partial charge in [-0.3, -0.25) is 14.2 Å². The number of benzene rings is 1. The van der Waals surface area contributed by atoms with E-state index in [1.165, 1.54) is 11.8 Å². The van der Waals surface area contributed by atoms with Gasteiger partial charge in [0.05, 0.1) is 22.3 Å². The largest absolute Gasteiger partial charge is 0.459 e. The lowest BCUT2D eigenvalue weighted by Gasteiger charge is -2.11. The molecule has 9 nitrogen and oxygen atoms in total. The number of allylic oxidation sites excluding steroid dienone is 1. The number of primary amides is 1. The van der Waals surface area contributed by atoms with Crippen molar-refractivity contribution in [2.45, 2.75) is 45.5 Å². The van der Waals surface area contributed by atoms with Gasteiger partial charge in [0.2, 0.25) is 5.91 Å². The zero-order valence-electron chi connectivity index (χ0n) is 20.0. The van der Waals surface area contributed by atoms with Crippen LogP contribution >= 0.6 is 23.1 Å². The molecule has 0 atom stereocenters. The summed E-state index contributed by atoms with van der Waals surface area (Å²) < 4.78 is 7.17. The zero-order chi connectivity index (χ0) is 25.7. The number of thioether (sulfide) groups is 1. The van der Waals surface area contributed by atoms with Crippen LogP contribution < -0.4 is 11.1 Å². The molecule has 0 radical (unpaired) electrons. The highest BCUT2D eigenvalue weighted by Crippen LogP contribution is 2.34. The lowest BCUT2D eigenvalue weighted by atomic mass is 10.1. The van der Waals surface area contributed by atoms with Crippen LogP contribution in [-0.4, -0.2) is 44.4 Å². The monoisotopic (exact) mass is 513 g/mol. The third kappa shape index (κ3) is 5.98. The molecule has 2 amide bonds. The van der Waals surface area contributed by atoms with Gasteiger partial charge in [0, 0.05) is 12.1 Å². The summed E-state index contributed by atoms with van der Waals surface area (Å²) in [4.78, 5) is 37.4. The number of rotatable bonds is 10. The van der Waals surface area contributed by atoms with Crippen molar-refractivity contribution in [1.29, 1.82) is 0 Å². The van der Waals surface area contributed by atoms with Crippen LogP contribution in [0.15, 0.2) is 42.1 Å². The Morgan fingerprint density at radius 3 is 2.60 bits per heavy atom. The Bertz CT molecular complexity index is 1280. The average Bonchev–Trinajstić information content (AvgIpc) is 3.33. The van der Waals surface area contributed by atoms with Crippen LogP contribution in [0.5, 0.6) is 0 Å². The van der Waals surface area contributed by atoms with Gasteiger partial charge in [-0.25, -0.2) is 4.79 Å². The molecule has 0 bridgehead atoms. The molecule has 0 aliphatic heterocycles. The molecule has 11 heteroatoms. The van der Waals surface area contributed by atoms with Crippen molar-refractivity contribution < 1.29 is 19.1 Å². The molecular weight excluding hydrogens is 486 g/mol. The fourth-order valence-corrected chi connectivity index (χ4v) is 5.17. The van der Waals surface area contributed by atoms with Crippen LogP contribution in [0.1, 0.15) is 45.0 Å². The van der Waals surface area contributed by atoms with E-state index in [4.69, 9.17) is 10.5 Å². The lowest BCUT2D eigenvalue weighted by Crippen LogP contribution is -2.18. The second-order valence-electron chi connectivity index (χ2n) is 7.94. The summed E-state index contributed by atoms with van der Waals surface area (Å²) in [6.45, 7) is 11.3. The second-order valence-corrected chi connectivity index (χ2v) is 9.90. The van der Waals surface area contributed by atoms with Crippen LogP contribution in [0.3, 0.4) is 0 Å². The predicted octanol–water partition coefficient (Wildman–Crippen LogP) is 4.20. The van der Waals surface area contributed by atoms with Gasteiger partial charge in [-0.05, 0) is 38.8 Å². The van der Waals surface area contributed by atoms with Crippen molar-refractivity contribution in [3.63, 3.8) is 0 Å². The predicted molar refractivity (Wildman–Crippen MR) is 138 cm³/mol. The number of aryl methyl sites for hydroxylation is 1. The number of hydrogen-bond acceptors (Lipinski definition) is 8. The Kier molecular flexibility index (Phi) is 8.47. The number of amides is 2. The van der Waals surface area contributed by atoms with Gasteiger partial charge >= 0.3 is 5.97 Å². The zero-order valence-corrected chi connectivity index (χ0v) is 21.6. The number of hydrogen-bond donors (Lipinski definition) is 2. The smallest absolute Gasteiger partial charge is 0.341 e. The first-order valence-corrected chi connectivity index (χ1v) is 12.6. The molecule has 3 rings (SSSR count). The molecule has 1 aromatic carbocycles. The van der Waals surface area contributed by atoms with E-state index in [0.29, 0.717) is 23.1 Å². The molecule has 3 N–H and O–H groups in total. The summed E-state index contributed by atoms with van der Waals surface area (Å²) >= 11 is 2.16. The fourth-order valence-electron chi connectivity index (χ4n) is 3.36. The molecule has 0 spiro atoms. The summed E-state index contributed by atoms with van der Waals surface area (Å²) in [5.74, 6) is -0.994. The molecule has 0 saturated carbocycles. The van der Waals surface area contributed by atoms with E-state index < -0.39 is 11.9 Å². The van der Waals surface area contributed by atoms with Gasteiger partial charge in [-0.15, -0.1) is 28.1 Å². The normalized spacial score (nSPS) is 10.9. The minimum absolute atomic E-state index is 0.00453. The van der Waals surface area contributed by atoms with E-state index in [9.17, 15) is 14.4 Å². The third-order valence-electron chi connectivity index (χ3n) is 4.92. The number of thiophene rings is 1. The molecule has 3 aromatic rings. The first-order chi connectivity index (χ1) is 16.6. The van der Waals surface area contributed by atoms with Crippen molar-refractivity contribution in [2.75, 3.05) is 11.1 Å². The number of carbonyl (C=O) groups excluding carboxylic acids is 3. The highest BCUT2D eigenvalue weighted by atomic mass is 32.2. The molecule has 0 unspecified atom stereocenters. The molecule has 0 saturated heterocycles. The molecule has 0 aliphatic rings. The number of nitrogens with two attached hydrogens (primary N) is 1. The maximum Gasteiger partial charge on any atom is 0.341 e. The first-order valence-electron chi connectivity index (χ1n) is 10.8. The standard InChI is InChI=1S/C24H27N5O4S2/c1-6-11-29-21(16-10-8-7-9-14(16)4)27-28-24(29)34-12-17(30)26-22-18(23(32)33-13(2)3)15(5)19(35-22)20(25)31/h6-10,13H,1,11-12H2,2-5H3,(H2,25,31)(H,26,30). The van der Waals surface area contributed by atoms with Crippen LogP contribution in [-0.2, 0) is 16.1 Å². The molecular formula is C24H27N5O4S2. The minimum atomic E-state index is -0.678. The highest BCUT2D eigenvalue weighted by Gasteiger charge is 2.26. The Morgan fingerprint density at radius 2 is 1.97 bits per heavy atom. The maximum absolute atomic E-state index is 12.8. The van der Waals surface area contributed by atoms with Gasteiger partial charge in [0.25, 0.3) is 5.91 Å². The van der Waals surface area contributed by atoms with Crippen molar-refractivity contribution in [3.05, 3.63) is 58.5 Å². The fraction of sp³-hybridized carbons (Fsp3) is 0.292. The molecule has 35 heavy (non-hydrogen) atoms. The maximum atomic E-state index is 12.8. The number of carbonyl (C=O) groups is 3. The Hall–Kier alpha value is -3.44. The quantitative estimate of drug-likeness (QED) is 0.236. The second kappa shape index (κ2) is 11.3. The summed E-state index contributed by atoms with van der Waals surface area (Å²) in [5.41, 5.74) is 7.96. The van der Waals surface area contributed by atoms with Crippen molar-refractivity contribution in [1.82, 2.24) is 14.8 Å². The van der Waals surface area contributed by atoms with E-state index in [2.05, 4.69) is 22.1 Å². The number of ether oxygens (including phenoxy) is 1. The topological polar surface area (TPSA) is 129 Å². The van der Waals surface area contributed by atoms with Gasteiger partial charge in [0.1, 0.15) is 5.00 Å². The summed E-state index contributed by atoms with van der Waals surface area (Å²) in [7, 11) is 0. The van der Waals surface area contributed by atoms with Crippen molar-refractivity contribution in [3.8, 4) is 11.4 Å². The van der Waals surface area contributed by atoms with Crippen LogP contribution in [0.4, 0.5) is 5.00 Å². The number of esters is 1. The first kappa shape index (κ1) is 26.2. The number of anilines is 1. The van der Waals surface area contributed by atoms with E-state index in [-0.39, 0.29) is 33.2 Å². The van der Waals surface area contributed by atoms with E-state index in [0.717, 1.165) is 22.5 Å². The van der Waals surface area contributed by atoms with E-state index in [1.54, 1.807) is 26.8 Å². The van der Waals surface area contributed by atoms with Crippen LogP contribution in [0, 0.1) is 13.8 Å². The van der Waals surface area contributed by atoms with Crippen LogP contribution in [0.2, 0.25) is 0 Å². The van der Waals surface area contributed by atoms with Gasteiger partial charge in [-0.1, -0.05) is 42.1 Å². The molecule has 0 aliphatic carbocycles. The Labute approximate surface area is 211 Å². The van der Waals surface area contributed by atoms with E-state index >= 15 is 0 Å². The van der Waals surface area contributed by atoms with Crippen LogP contribution in [0.25, 0.3) is 11.4 Å². The minimum Gasteiger partial charge on any atom is -0.459 e. The van der Waals surface area contributed by atoms with Gasteiger partial charge < -0.3 is 15.8 Å². The number of nitrogens with zero attached hydrogens (tertiary/aromatic N) is 3. The molecule has 184 valence electrons. The van der Waals surface area contributed by atoms with Crippen molar-refractivity contribution >= 4 is 45.9 Å². The summed E-state index contributed by atoms with van der Waals surface area (Å²) in [6, 6.07) is 7.84. The molecule has 0 fully saturated rings. The van der Waals surface area contributed by atoms with Gasteiger partial charge in [0.15, 0.2) is 11.0 Å². The Balaban J connectivity index is 1.81. The number of nitrogens with one attached hydrogen (secondary N) is 1. The summed E-state index contributed by atoms with van der Waals surface area (Å²) in [6.07, 6.45) is 1.37. The lowest BCUT2D eigenvalue weighted by molar-refractivity contribution is -0.113. The molecule has 2 aromatic heterocycles. The average molecular weight is 514 g/mol. The third-order valence-corrected chi connectivity index (χ3v) is 7.11. The van der Waals surface area contributed by atoms with Gasteiger partial charge in [-0.2, -0.15) is 0 Å². The van der Waals surface area contributed by atoms with E-state index in [1.807, 2.05) is 35.8 Å². The van der Waals surface area contributed by atoms with Crippen molar-refractivity contribution in [2.24, 2.45) is 5.73 Å². The SMILES string of the molecule is C=CCn1c(SCC(=O)Nc2sc(C(N)=O)c(C)c2C(=O)OC(C)C)nnc1-c1ccccc1C.